The van der Waals surface area contributed by atoms with Crippen LogP contribution in [0.5, 0.6) is 0 Å². The number of ether oxygens (including phenoxy) is 2. The average molecular weight is 767 g/mol. The highest BCUT2D eigenvalue weighted by Crippen LogP contribution is 2.35. The second-order valence-corrected chi connectivity index (χ2v) is 15.3. The lowest BCUT2D eigenvalue weighted by Crippen LogP contribution is -2.51. The number of esters is 1. The molecule has 14 nitrogen and oxygen atoms in total. The molecule has 0 saturated carbocycles. The highest BCUT2D eigenvalue weighted by molar-refractivity contribution is 5.86. The van der Waals surface area contributed by atoms with Gasteiger partial charge in [-0.2, -0.15) is 0 Å². The van der Waals surface area contributed by atoms with Crippen molar-refractivity contribution in [1.82, 2.24) is 40.0 Å². The summed E-state index contributed by atoms with van der Waals surface area (Å²) in [6, 6.07) is 15.1. The predicted molar refractivity (Wildman–Crippen MR) is 212 cm³/mol. The van der Waals surface area contributed by atoms with Crippen LogP contribution in [0.1, 0.15) is 77.1 Å². The van der Waals surface area contributed by atoms with Crippen LogP contribution in [0.25, 0.3) is 33.6 Å². The molecule has 0 unspecified atom stereocenters. The summed E-state index contributed by atoms with van der Waals surface area (Å²) in [7, 11) is 4.26. The maximum Gasteiger partial charge on any atom is 0.409 e. The molecule has 2 aromatic carbocycles. The van der Waals surface area contributed by atoms with E-state index in [-0.39, 0.29) is 42.3 Å². The van der Waals surface area contributed by atoms with E-state index in [2.05, 4.69) is 63.8 Å². The third kappa shape index (κ3) is 8.49. The third-order valence-corrected chi connectivity index (χ3v) is 11.0. The van der Waals surface area contributed by atoms with Gasteiger partial charge in [0.05, 0.1) is 62.7 Å². The second-order valence-electron chi connectivity index (χ2n) is 15.3. The maximum atomic E-state index is 13.8. The Morgan fingerprint density at radius 2 is 1.20 bits per heavy atom. The van der Waals surface area contributed by atoms with Gasteiger partial charge in [-0.25, -0.2) is 14.8 Å². The number of likely N-dealkylation sites (tertiary alicyclic amines) is 2. The summed E-state index contributed by atoms with van der Waals surface area (Å²) in [6.45, 7) is 9.00. The van der Waals surface area contributed by atoms with Crippen molar-refractivity contribution in [2.24, 2.45) is 11.8 Å². The summed E-state index contributed by atoms with van der Waals surface area (Å²) in [4.78, 5) is 72.9. The molecule has 0 spiro atoms. The third-order valence-electron chi connectivity index (χ3n) is 11.0. The number of likely N-dealkylation sites (N-methyl/N-ethyl adjacent to an activating group) is 1. The molecule has 0 aliphatic carbocycles. The molecule has 2 fully saturated rings. The average Bonchev–Trinajstić information content (AvgIpc) is 4.04. The SMILES string of the molecule is COC(=O)CN[C@H](C(=O)N1CCC[C@H]1c1ncc(-c2ccc(-c3ccc(-c4cnc([C@@H]5CCCN5C(=O)[C@H](C(C)C)N(C)C(=O)OC)[nH]4)cc3)cc2)[nH]1)C(C)C. The number of benzene rings is 2. The van der Waals surface area contributed by atoms with E-state index in [1.165, 1.54) is 19.1 Å². The topological polar surface area (TPSA) is 166 Å². The first-order chi connectivity index (χ1) is 26.9. The van der Waals surface area contributed by atoms with Crippen LogP contribution in [-0.2, 0) is 23.9 Å². The van der Waals surface area contributed by atoms with Gasteiger partial charge in [0.1, 0.15) is 17.7 Å². The zero-order valence-electron chi connectivity index (χ0n) is 33.4. The minimum absolute atomic E-state index is 0.00659. The van der Waals surface area contributed by atoms with Crippen LogP contribution in [0.15, 0.2) is 60.9 Å². The number of carbonyl (C=O) groups excluding carboxylic acids is 4. The van der Waals surface area contributed by atoms with E-state index in [0.29, 0.717) is 13.1 Å². The number of hydrogen-bond donors (Lipinski definition) is 3. The lowest BCUT2D eigenvalue weighted by atomic mass is 10.0. The van der Waals surface area contributed by atoms with Crippen LogP contribution >= 0.6 is 0 Å². The van der Waals surface area contributed by atoms with Gasteiger partial charge < -0.3 is 29.2 Å². The number of amides is 3. The molecule has 56 heavy (non-hydrogen) atoms. The number of H-pyrrole nitrogens is 2. The first-order valence-electron chi connectivity index (χ1n) is 19.4. The fourth-order valence-corrected chi connectivity index (χ4v) is 8.00. The van der Waals surface area contributed by atoms with E-state index in [9.17, 15) is 19.2 Å². The van der Waals surface area contributed by atoms with Crippen molar-refractivity contribution in [3.63, 3.8) is 0 Å². The van der Waals surface area contributed by atoms with Gasteiger partial charge in [0.25, 0.3) is 0 Å². The van der Waals surface area contributed by atoms with Gasteiger partial charge in [-0.15, -0.1) is 0 Å². The fourth-order valence-electron chi connectivity index (χ4n) is 8.00. The van der Waals surface area contributed by atoms with Crippen LogP contribution in [0.4, 0.5) is 4.79 Å². The van der Waals surface area contributed by atoms with Gasteiger partial charge >= 0.3 is 12.1 Å². The van der Waals surface area contributed by atoms with Crippen molar-refractivity contribution in [2.45, 2.75) is 77.5 Å². The van der Waals surface area contributed by atoms with Gasteiger partial charge in [0.15, 0.2) is 0 Å². The smallest absolute Gasteiger partial charge is 0.409 e. The molecule has 2 aliphatic heterocycles. The zero-order chi connectivity index (χ0) is 40.1. The van der Waals surface area contributed by atoms with Crippen molar-refractivity contribution < 1.29 is 28.7 Å². The van der Waals surface area contributed by atoms with Crippen molar-refractivity contribution >= 4 is 23.9 Å². The molecule has 4 atom stereocenters. The first-order valence-corrected chi connectivity index (χ1v) is 19.4. The number of imidazole rings is 2. The van der Waals surface area contributed by atoms with E-state index in [0.717, 1.165) is 71.0 Å². The Balaban J connectivity index is 1.10. The Hall–Kier alpha value is -5.50. The zero-order valence-corrected chi connectivity index (χ0v) is 33.4. The van der Waals surface area contributed by atoms with E-state index in [1.54, 1.807) is 7.05 Å². The molecule has 4 heterocycles. The summed E-state index contributed by atoms with van der Waals surface area (Å²) >= 11 is 0. The Kier molecular flexibility index (Phi) is 12.6. The van der Waals surface area contributed by atoms with Crippen LogP contribution in [0.2, 0.25) is 0 Å². The van der Waals surface area contributed by atoms with Crippen molar-refractivity contribution in [3.05, 3.63) is 72.6 Å². The number of carbonyl (C=O) groups is 4. The summed E-state index contributed by atoms with van der Waals surface area (Å²) in [5.74, 6) is 0.835. The quantitative estimate of drug-likeness (QED) is 0.139. The molecule has 3 amide bonds. The predicted octanol–water partition coefficient (Wildman–Crippen LogP) is 5.97. The molecule has 0 bridgehead atoms. The molecule has 298 valence electrons. The molecule has 0 radical (unpaired) electrons. The van der Waals surface area contributed by atoms with Crippen LogP contribution in [-0.4, -0.2) is 111 Å². The van der Waals surface area contributed by atoms with E-state index >= 15 is 0 Å². The first kappa shape index (κ1) is 40.2. The molecule has 2 aliphatic rings. The Bertz CT molecular complexity index is 1990. The molecular formula is C42H54N8O6. The van der Waals surface area contributed by atoms with Crippen molar-refractivity contribution in [3.8, 4) is 33.6 Å². The summed E-state index contributed by atoms with van der Waals surface area (Å²) in [5, 5.41) is 3.08. The van der Waals surface area contributed by atoms with Crippen LogP contribution in [0, 0.1) is 11.8 Å². The second kappa shape index (κ2) is 17.5. The number of nitrogens with zero attached hydrogens (tertiary/aromatic N) is 5. The largest absolute Gasteiger partial charge is 0.468 e. The Morgan fingerprint density at radius 3 is 1.62 bits per heavy atom. The summed E-state index contributed by atoms with van der Waals surface area (Å²) in [6.07, 6.45) is 6.42. The van der Waals surface area contributed by atoms with Crippen LogP contribution < -0.4 is 5.32 Å². The summed E-state index contributed by atoms with van der Waals surface area (Å²) in [5.41, 5.74) is 5.83. The fraction of sp³-hybridized carbons (Fsp3) is 0.476. The molecule has 3 N–H and O–H groups in total. The number of aromatic amines is 2. The molecule has 14 heteroatoms. The molecule has 4 aromatic rings. The lowest BCUT2D eigenvalue weighted by molar-refractivity contribution is -0.141. The summed E-state index contributed by atoms with van der Waals surface area (Å²) < 4.78 is 9.66. The number of aromatic nitrogens is 4. The number of nitrogens with one attached hydrogen (secondary N) is 3. The van der Waals surface area contributed by atoms with E-state index in [1.807, 2.05) is 49.9 Å². The van der Waals surface area contributed by atoms with Gasteiger partial charge in [-0.1, -0.05) is 76.2 Å². The highest BCUT2D eigenvalue weighted by Gasteiger charge is 2.40. The number of rotatable bonds is 13. The molecular weight excluding hydrogens is 713 g/mol. The van der Waals surface area contributed by atoms with Crippen molar-refractivity contribution in [1.29, 1.82) is 0 Å². The Morgan fingerprint density at radius 1 is 0.732 bits per heavy atom. The number of methoxy groups -OCH3 is 2. The minimum atomic E-state index is -0.635. The standard InChI is InChI=1S/C42H54N8O6/c1-25(2)36(43-24-35(51)55-6)40(52)49-20-8-10-33(49)38-44-22-31(46-38)29-16-12-27(13-17-29)28-14-18-30(19-15-28)32-23-45-39(47-32)34-11-9-21-50(34)41(53)37(26(3)4)48(5)42(54)56-7/h12-19,22-23,25-26,33-34,36-37,43H,8-11,20-21,24H2,1-7H3,(H,44,46)(H,45,47)/t33-,34-,36-,37-/m0/s1. The molecule has 6 rings (SSSR count). The molecule has 2 saturated heterocycles. The maximum absolute atomic E-state index is 13.8. The van der Waals surface area contributed by atoms with Gasteiger partial charge in [0.2, 0.25) is 11.8 Å². The highest BCUT2D eigenvalue weighted by atomic mass is 16.5. The van der Waals surface area contributed by atoms with Crippen molar-refractivity contribution in [2.75, 3.05) is 40.9 Å². The minimum Gasteiger partial charge on any atom is -0.468 e. The van der Waals surface area contributed by atoms with Gasteiger partial charge in [-0.3, -0.25) is 24.6 Å². The van der Waals surface area contributed by atoms with Gasteiger partial charge in [0, 0.05) is 20.1 Å². The van der Waals surface area contributed by atoms with E-state index < -0.39 is 24.1 Å². The number of hydrogen-bond acceptors (Lipinski definition) is 9. The molecule has 2 aromatic heterocycles. The van der Waals surface area contributed by atoms with Crippen LogP contribution in [0.3, 0.4) is 0 Å². The lowest BCUT2D eigenvalue weighted by Gasteiger charge is -2.34. The van der Waals surface area contributed by atoms with Gasteiger partial charge in [-0.05, 0) is 59.8 Å². The normalized spacial score (nSPS) is 18.0. The Labute approximate surface area is 328 Å². The monoisotopic (exact) mass is 766 g/mol. The van der Waals surface area contributed by atoms with E-state index in [4.69, 9.17) is 19.4 Å².